The largest absolute Gasteiger partial charge is 0.472 e. The fraction of sp³-hybridized carbons (Fsp3) is 0.703. The molecule has 0 aromatic carbocycles. The zero-order valence-electron chi connectivity index (χ0n) is 48.2. The van der Waals surface area contributed by atoms with E-state index in [1.54, 1.807) is 0 Å². The number of hydrogen-bond donors (Lipinski definition) is 2. The molecule has 0 saturated heterocycles. The van der Waals surface area contributed by atoms with E-state index in [9.17, 15) is 28.9 Å². The Balaban J connectivity index is 4.81. The number of ether oxygens (including phenoxy) is 3. The Kier molecular flexibility index (Phi) is 54.8. The van der Waals surface area contributed by atoms with Crippen molar-refractivity contribution in [2.75, 3.05) is 26.4 Å². The molecule has 436 valence electrons. The van der Waals surface area contributed by atoms with Crippen molar-refractivity contribution in [3.63, 3.8) is 0 Å². The van der Waals surface area contributed by atoms with Gasteiger partial charge in [0.05, 0.1) is 19.8 Å². The number of phosphoric acid groups is 1. The third-order valence-electron chi connectivity index (χ3n) is 12.5. The third kappa shape index (κ3) is 55.2. The molecule has 3 unspecified atom stereocenters. The molecule has 0 amide bonds. The molecule has 0 heterocycles. The number of carbonyl (C=O) groups excluding carboxylic acids is 3. The smallest absolute Gasteiger partial charge is 0.462 e. The maximum Gasteiger partial charge on any atom is 0.472 e. The predicted molar refractivity (Wildman–Crippen MR) is 316 cm³/mol. The maximum absolute atomic E-state index is 12.9. The van der Waals surface area contributed by atoms with E-state index >= 15 is 0 Å². The molecule has 0 saturated carbocycles. The molecule has 76 heavy (non-hydrogen) atoms. The van der Waals surface area contributed by atoms with Gasteiger partial charge in [-0.05, 0) is 122 Å². The predicted octanol–water partition coefficient (Wildman–Crippen LogP) is 18.0. The summed E-state index contributed by atoms with van der Waals surface area (Å²) in [6.45, 7) is 4.44. The number of hydrogen-bond acceptors (Lipinski definition) is 10. The van der Waals surface area contributed by atoms with E-state index in [1.165, 1.54) is 64.2 Å². The van der Waals surface area contributed by atoms with Crippen LogP contribution in [0.25, 0.3) is 0 Å². The average Bonchev–Trinajstić information content (AvgIpc) is 3.41. The third-order valence-corrected chi connectivity index (χ3v) is 13.4. The number of aliphatic hydroxyl groups is 1. The molecule has 0 aliphatic carbocycles. The van der Waals surface area contributed by atoms with Crippen molar-refractivity contribution in [3.8, 4) is 0 Å². The van der Waals surface area contributed by atoms with Gasteiger partial charge < -0.3 is 24.2 Å². The molecule has 2 N–H and O–H groups in total. The fourth-order valence-corrected chi connectivity index (χ4v) is 8.66. The molecule has 0 rings (SSSR count). The minimum Gasteiger partial charge on any atom is -0.462 e. The lowest BCUT2D eigenvalue weighted by Crippen LogP contribution is -2.30. The van der Waals surface area contributed by atoms with Crippen LogP contribution in [-0.2, 0) is 42.2 Å². The first-order valence-corrected chi connectivity index (χ1v) is 31.6. The van der Waals surface area contributed by atoms with Gasteiger partial charge in [0.1, 0.15) is 12.7 Å². The highest BCUT2D eigenvalue weighted by Crippen LogP contribution is 2.43. The van der Waals surface area contributed by atoms with Crippen molar-refractivity contribution < 1.29 is 52.2 Å². The fourth-order valence-electron chi connectivity index (χ4n) is 7.88. The van der Waals surface area contributed by atoms with Crippen LogP contribution in [0.15, 0.2) is 97.2 Å². The van der Waals surface area contributed by atoms with Crippen molar-refractivity contribution in [3.05, 3.63) is 97.2 Å². The van der Waals surface area contributed by atoms with Crippen LogP contribution in [0.4, 0.5) is 0 Å². The highest BCUT2D eigenvalue weighted by atomic mass is 31.2. The minimum absolute atomic E-state index is 0.147. The number of aliphatic hydroxyl groups excluding tert-OH is 1. The molecule has 0 aliphatic rings. The Morgan fingerprint density at radius 3 is 1.11 bits per heavy atom. The molecule has 0 aliphatic heterocycles. The summed E-state index contributed by atoms with van der Waals surface area (Å²) in [6, 6.07) is 0. The molecule has 11 nitrogen and oxygen atoms in total. The van der Waals surface area contributed by atoms with Gasteiger partial charge in [0.25, 0.3) is 0 Å². The van der Waals surface area contributed by atoms with Crippen LogP contribution in [0.3, 0.4) is 0 Å². The van der Waals surface area contributed by atoms with E-state index in [0.29, 0.717) is 19.3 Å². The number of allylic oxidation sites excluding steroid dienone is 16. The average molecular weight is 1090 g/mol. The van der Waals surface area contributed by atoms with E-state index in [2.05, 4.69) is 118 Å². The first kappa shape index (κ1) is 72.4. The Morgan fingerprint density at radius 1 is 0.382 bits per heavy atom. The summed E-state index contributed by atoms with van der Waals surface area (Å²) in [5.74, 6) is -1.52. The van der Waals surface area contributed by atoms with E-state index in [-0.39, 0.29) is 25.9 Å². The minimum atomic E-state index is -4.77. The van der Waals surface area contributed by atoms with E-state index in [0.717, 1.165) is 128 Å². The van der Waals surface area contributed by atoms with Crippen molar-refractivity contribution in [2.45, 2.75) is 264 Å². The van der Waals surface area contributed by atoms with Gasteiger partial charge in [-0.3, -0.25) is 23.4 Å². The van der Waals surface area contributed by atoms with Crippen LogP contribution in [0.1, 0.15) is 252 Å². The Morgan fingerprint density at radius 2 is 0.684 bits per heavy atom. The molecular formula is C64H109O11P. The highest BCUT2D eigenvalue weighted by molar-refractivity contribution is 7.47. The van der Waals surface area contributed by atoms with Gasteiger partial charge in [0.2, 0.25) is 0 Å². The van der Waals surface area contributed by atoms with Crippen molar-refractivity contribution in [1.82, 2.24) is 0 Å². The van der Waals surface area contributed by atoms with Crippen LogP contribution in [0, 0.1) is 0 Å². The maximum atomic E-state index is 12.9. The number of carbonyl (C=O) groups is 3. The zero-order chi connectivity index (χ0) is 55.5. The van der Waals surface area contributed by atoms with Crippen molar-refractivity contribution in [2.24, 2.45) is 0 Å². The second-order valence-electron chi connectivity index (χ2n) is 19.8. The van der Waals surface area contributed by atoms with Crippen LogP contribution >= 0.6 is 7.82 Å². The molecule has 0 fully saturated rings. The van der Waals surface area contributed by atoms with Crippen LogP contribution in [0.2, 0.25) is 0 Å². The molecular weight excluding hydrogens is 976 g/mol. The normalized spacial score (nSPS) is 14.0. The quantitative estimate of drug-likeness (QED) is 0.0197. The molecule has 0 radical (unpaired) electrons. The Labute approximate surface area is 463 Å². The summed E-state index contributed by atoms with van der Waals surface area (Å²) < 4.78 is 39.5. The SMILES string of the molecule is CC/C=C\C/C=C\C/C=C\C/C=C\C/C=C\CCCCCC(=O)OCC(COP(=O)(O)OCC(CO)OC(=O)CCCCCCC/C=C\CCCCCC)OC(=O)CCCCCCCCC/C=C\C/C=C\CCCCC. The lowest BCUT2D eigenvalue weighted by atomic mass is 10.1. The van der Waals surface area contributed by atoms with E-state index < -0.39 is 57.8 Å². The van der Waals surface area contributed by atoms with Crippen LogP contribution in [0.5, 0.6) is 0 Å². The summed E-state index contributed by atoms with van der Waals surface area (Å²) in [5.41, 5.74) is 0. The summed E-state index contributed by atoms with van der Waals surface area (Å²) in [5, 5.41) is 9.82. The summed E-state index contributed by atoms with van der Waals surface area (Å²) in [4.78, 5) is 48.6. The number of rotatable bonds is 55. The second-order valence-corrected chi connectivity index (χ2v) is 21.2. The Hall–Kier alpha value is -3.60. The first-order chi connectivity index (χ1) is 37.2. The van der Waals surface area contributed by atoms with Gasteiger partial charge in [0, 0.05) is 19.3 Å². The number of esters is 3. The van der Waals surface area contributed by atoms with E-state index in [4.69, 9.17) is 23.3 Å². The van der Waals surface area contributed by atoms with Crippen molar-refractivity contribution >= 4 is 25.7 Å². The summed E-state index contributed by atoms with van der Waals surface area (Å²) in [6.07, 6.45) is 67.9. The second kappa shape index (κ2) is 57.6. The van der Waals surface area contributed by atoms with E-state index in [1.807, 2.05) is 0 Å². The lowest BCUT2D eigenvalue weighted by molar-refractivity contribution is -0.161. The summed E-state index contributed by atoms with van der Waals surface area (Å²) in [7, 11) is -4.77. The van der Waals surface area contributed by atoms with Crippen LogP contribution in [-0.4, -0.2) is 66.5 Å². The zero-order valence-corrected chi connectivity index (χ0v) is 49.1. The standard InChI is InChI=1S/C64H109O11P/c1-4-7-10-13-16-19-22-25-27-29-30-32-33-36-38-41-44-47-50-53-62(66)71-57-61(75-64(68)55-52-49-46-43-40-37-34-31-28-26-23-20-17-14-11-8-5-2)59-73-76(69,70)72-58-60(56-65)74-63(67)54-51-48-45-42-39-35-24-21-18-15-12-9-6-3/h7,10,16-17,19-21,24-28,30,32,36,38,60-61,65H,4-6,8-9,11-15,18,22-23,29,31,33-35,37,39-59H2,1-3H3,(H,69,70)/b10-7-,19-16-,20-17-,24-21-,27-25-,28-26-,32-30-,38-36-. The molecule has 0 bridgehead atoms. The number of phosphoric ester groups is 1. The van der Waals surface area contributed by atoms with Crippen LogP contribution < -0.4 is 0 Å². The lowest BCUT2D eigenvalue weighted by Gasteiger charge is -2.21. The monoisotopic (exact) mass is 1080 g/mol. The molecule has 0 spiro atoms. The molecule has 0 aromatic heterocycles. The molecule has 3 atom stereocenters. The highest BCUT2D eigenvalue weighted by Gasteiger charge is 2.28. The Bertz CT molecular complexity index is 1640. The summed E-state index contributed by atoms with van der Waals surface area (Å²) >= 11 is 0. The topological polar surface area (TPSA) is 155 Å². The van der Waals surface area contributed by atoms with Gasteiger partial charge in [-0.25, -0.2) is 4.57 Å². The van der Waals surface area contributed by atoms with Gasteiger partial charge in [-0.15, -0.1) is 0 Å². The van der Waals surface area contributed by atoms with Gasteiger partial charge in [-0.1, -0.05) is 208 Å². The molecule has 12 heteroatoms. The van der Waals surface area contributed by atoms with Gasteiger partial charge >= 0.3 is 25.7 Å². The van der Waals surface area contributed by atoms with Gasteiger partial charge in [0.15, 0.2) is 6.10 Å². The number of unbranched alkanes of at least 4 members (excludes halogenated alkanes) is 22. The first-order valence-electron chi connectivity index (χ1n) is 30.1. The van der Waals surface area contributed by atoms with Crippen molar-refractivity contribution in [1.29, 1.82) is 0 Å². The van der Waals surface area contributed by atoms with Gasteiger partial charge in [-0.2, -0.15) is 0 Å². The molecule has 0 aromatic rings.